The first-order valence-electron chi connectivity index (χ1n) is 8.17. The SMILES string of the molecule is CC(=N)C(C(=O)Nc1ccccc1)C(=O)Nc1cccc(CC(C)=O)c1. The van der Waals surface area contributed by atoms with Crippen molar-refractivity contribution in [1.82, 2.24) is 0 Å². The van der Waals surface area contributed by atoms with Crippen molar-refractivity contribution < 1.29 is 14.4 Å². The molecule has 0 heterocycles. The van der Waals surface area contributed by atoms with E-state index in [2.05, 4.69) is 10.6 Å². The molecule has 0 bridgehead atoms. The maximum atomic E-state index is 12.5. The van der Waals surface area contributed by atoms with E-state index in [-0.39, 0.29) is 17.9 Å². The molecular formula is C20H21N3O3. The van der Waals surface area contributed by atoms with Crippen molar-refractivity contribution in [3.63, 3.8) is 0 Å². The van der Waals surface area contributed by atoms with Crippen molar-refractivity contribution in [2.45, 2.75) is 20.3 Å². The molecule has 6 nitrogen and oxygen atoms in total. The zero-order chi connectivity index (χ0) is 19.1. The summed E-state index contributed by atoms with van der Waals surface area (Å²) in [5, 5.41) is 13.1. The van der Waals surface area contributed by atoms with Gasteiger partial charge in [0.15, 0.2) is 5.92 Å². The monoisotopic (exact) mass is 351 g/mol. The third-order valence-corrected chi connectivity index (χ3v) is 3.65. The lowest BCUT2D eigenvalue weighted by atomic mass is 10.0. The first-order valence-corrected chi connectivity index (χ1v) is 8.17. The van der Waals surface area contributed by atoms with Gasteiger partial charge in [-0.3, -0.25) is 14.4 Å². The summed E-state index contributed by atoms with van der Waals surface area (Å²) in [7, 11) is 0. The Morgan fingerprint density at radius 2 is 1.46 bits per heavy atom. The number of hydrogen-bond acceptors (Lipinski definition) is 4. The average molecular weight is 351 g/mol. The molecule has 2 rings (SSSR count). The lowest BCUT2D eigenvalue weighted by Gasteiger charge is -2.16. The van der Waals surface area contributed by atoms with Crippen molar-refractivity contribution in [3.05, 3.63) is 60.2 Å². The van der Waals surface area contributed by atoms with Crippen LogP contribution in [-0.2, 0) is 20.8 Å². The molecule has 0 aliphatic carbocycles. The smallest absolute Gasteiger partial charge is 0.242 e. The maximum absolute atomic E-state index is 12.5. The third-order valence-electron chi connectivity index (χ3n) is 3.65. The fourth-order valence-corrected chi connectivity index (χ4v) is 2.51. The van der Waals surface area contributed by atoms with E-state index in [1.54, 1.807) is 48.5 Å². The number of rotatable bonds is 7. The number of para-hydroxylation sites is 1. The van der Waals surface area contributed by atoms with Gasteiger partial charge in [0.05, 0.1) is 0 Å². The van der Waals surface area contributed by atoms with Crippen LogP contribution in [0.5, 0.6) is 0 Å². The van der Waals surface area contributed by atoms with Gasteiger partial charge in [-0.15, -0.1) is 0 Å². The Bertz CT molecular complexity index is 831. The molecule has 0 aromatic heterocycles. The van der Waals surface area contributed by atoms with Gasteiger partial charge in [-0.1, -0.05) is 30.3 Å². The molecule has 1 atom stereocenters. The van der Waals surface area contributed by atoms with Crippen molar-refractivity contribution in [2.24, 2.45) is 5.92 Å². The summed E-state index contributed by atoms with van der Waals surface area (Å²) < 4.78 is 0. The maximum Gasteiger partial charge on any atom is 0.242 e. The summed E-state index contributed by atoms with van der Waals surface area (Å²) in [4.78, 5) is 36.2. The van der Waals surface area contributed by atoms with Crippen LogP contribution in [0.1, 0.15) is 19.4 Å². The Labute approximate surface area is 152 Å². The van der Waals surface area contributed by atoms with E-state index in [1.807, 2.05) is 6.07 Å². The Morgan fingerprint density at radius 3 is 2.04 bits per heavy atom. The fraction of sp³-hybridized carbons (Fsp3) is 0.200. The predicted molar refractivity (Wildman–Crippen MR) is 101 cm³/mol. The molecule has 0 saturated heterocycles. The van der Waals surface area contributed by atoms with Crippen LogP contribution in [0.15, 0.2) is 54.6 Å². The number of ketones is 1. The topological polar surface area (TPSA) is 99.1 Å². The molecule has 2 aromatic carbocycles. The number of amides is 2. The van der Waals surface area contributed by atoms with Gasteiger partial charge in [0.25, 0.3) is 0 Å². The Balaban J connectivity index is 2.12. The van der Waals surface area contributed by atoms with E-state index in [9.17, 15) is 14.4 Å². The van der Waals surface area contributed by atoms with E-state index < -0.39 is 17.7 Å². The average Bonchev–Trinajstić information content (AvgIpc) is 2.55. The highest BCUT2D eigenvalue weighted by Gasteiger charge is 2.29. The van der Waals surface area contributed by atoms with Crippen molar-refractivity contribution in [1.29, 1.82) is 5.41 Å². The summed E-state index contributed by atoms with van der Waals surface area (Å²) in [6, 6.07) is 15.6. The van der Waals surface area contributed by atoms with E-state index in [4.69, 9.17) is 5.41 Å². The number of nitrogens with one attached hydrogen (secondary N) is 3. The van der Waals surface area contributed by atoms with Crippen LogP contribution >= 0.6 is 0 Å². The van der Waals surface area contributed by atoms with Gasteiger partial charge in [-0.25, -0.2) is 0 Å². The van der Waals surface area contributed by atoms with Crippen LogP contribution in [0.3, 0.4) is 0 Å². The molecule has 0 fully saturated rings. The quantitative estimate of drug-likeness (QED) is 0.528. The Morgan fingerprint density at radius 1 is 0.885 bits per heavy atom. The van der Waals surface area contributed by atoms with Crippen molar-refractivity contribution in [3.8, 4) is 0 Å². The van der Waals surface area contributed by atoms with Crippen LogP contribution in [0.2, 0.25) is 0 Å². The minimum absolute atomic E-state index is 0.0175. The third kappa shape index (κ3) is 5.37. The fourth-order valence-electron chi connectivity index (χ4n) is 2.51. The van der Waals surface area contributed by atoms with Crippen molar-refractivity contribution in [2.75, 3.05) is 10.6 Å². The largest absolute Gasteiger partial charge is 0.325 e. The van der Waals surface area contributed by atoms with Gasteiger partial charge >= 0.3 is 0 Å². The predicted octanol–water partition coefficient (Wildman–Crippen LogP) is 3.05. The molecule has 26 heavy (non-hydrogen) atoms. The molecule has 0 saturated carbocycles. The molecule has 0 aliphatic heterocycles. The van der Waals surface area contributed by atoms with Crippen LogP contribution < -0.4 is 10.6 Å². The van der Waals surface area contributed by atoms with Gasteiger partial charge in [-0.2, -0.15) is 0 Å². The lowest BCUT2D eigenvalue weighted by Crippen LogP contribution is -2.38. The Kier molecular flexibility index (Phi) is 6.38. The molecule has 0 spiro atoms. The number of hydrogen-bond donors (Lipinski definition) is 3. The minimum atomic E-state index is -1.24. The van der Waals surface area contributed by atoms with Gasteiger partial charge in [-0.05, 0) is 43.7 Å². The van der Waals surface area contributed by atoms with Crippen molar-refractivity contribution >= 4 is 34.7 Å². The zero-order valence-electron chi connectivity index (χ0n) is 14.7. The number of carbonyl (C=O) groups excluding carboxylic acids is 3. The second-order valence-corrected chi connectivity index (χ2v) is 6.04. The van der Waals surface area contributed by atoms with Crippen LogP contribution in [-0.4, -0.2) is 23.3 Å². The number of anilines is 2. The molecule has 134 valence electrons. The van der Waals surface area contributed by atoms with Gasteiger partial charge in [0.2, 0.25) is 11.8 Å². The highest BCUT2D eigenvalue weighted by Crippen LogP contribution is 2.15. The second kappa shape index (κ2) is 8.71. The summed E-state index contributed by atoms with van der Waals surface area (Å²) in [6.45, 7) is 2.91. The second-order valence-electron chi connectivity index (χ2n) is 6.04. The first kappa shape index (κ1) is 19.1. The molecule has 6 heteroatoms. The number of benzene rings is 2. The summed E-state index contributed by atoms with van der Waals surface area (Å²) in [6.07, 6.45) is 0.269. The van der Waals surface area contributed by atoms with Gasteiger partial charge in [0, 0.05) is 23.5 Å². The Hall–Kier alpha value is -3.28. The van der Waals surface area contributed by atoms with Crippen LogP contribution in [0, 0.1) is 11.3 Å². The highest BCUT2D eigenvalue weighted by molar-refractivity contribution is 6.24. The lowest BCUT2D eigenvalue weighted by molar-refractivity contribution is -0.126. The van der Waals surface area contributed by atoms with Gasteiger partial charge in [0.1, 0.15) is 5.78 Å². The standard InChI is InChI=1S/C20H21N3O3/c1-13(24)11-15-7-6-10-17(12-15)23-20(26)18(14(2)21)19(25)22-16-8-4-3-5-9-16/h3-10,12,18,21H,11H2,1-2H3,(H,22,25)(H,23,26). The van der Waals surface area contributed by atoms with Gasteiger partial charge < -0.3 is 16.0 Å². The van der Waals surface area contributed by atoms with E-state index in [0.29, 0.717) is 11.4 Å². The number of Topliss-reactive ketones (excluding diaryl/α,β-unsaturated/α-hetero) is 1. The van der Waals surface area contributed by atoms with Crippen LogP contribution in [0.25, 0.3) is 0 Å². The molecular weight excluding hydrogens is 330 g/mol. The normalized spacial score (nSPS) is 11.3. The molecule has 0 radical (unpaired) electrons. The molecule has 2 aromatic rings. The molecule has 3 N–H and O–H groups in total. The molecule has 1 unspecified atom stereocenters. The number of carbonyl (C=O) groups is 3. The minimum Gasteiger partial charge on any atom is -0.325 e. The summed E-state index contributed by atoms with van der Waals surface area (Å²) in [5.74, 6) is -2.39. The highest BCUT2D eigenvalue weighted by atomic mass is 16.2. The summed E-state index contributed by atoms with van der Waals surface area (Å²) in [5.41, 5.74) is 1.75. The molecule has 2 amide bonds. The van der Waals surface area contributed by atoms with Crippen LogP contribution in [0.4, 0.5) is 11.4 Å². The summed E-state index contributed by atoms with van der Waals surface area (Å²) >= 11 is 0. The first-order chi connectivity index (χ1) is 12.4. The van der Waals surface area contributed by atoms with E-state index in [0.717, 1.165) is 5.56 Å². The zero-order valence-corrected chi connectivity index (χ0v) is 14.7. The molecule has 0 aliphatic rings. The van der Waals surface area contributed by atoms with E-state index >= 15 is 0 Å². The van der Waals surface area contributed by atoms with E-state index in [1.165, 1.54) is 13.8 Å².